The second-order valence-corrected chi connectivity index (χ2v) is 5.85. The van der Waals surface area contributed by atoms with E-state index in [0.29, 0.717) is 32.3 Å². The number of aliphatic hydroxyl groups is 1. The van der Waals surface area contributed by atoms with E-state index in [0.717, 1.165) is 11.5 Å². The molecule has 0 bridgehead atoms. The summed E-state index contributed by atoms with van der Waals surface area (Å²) in [7, 11) is 3.73. The molecule has 4 atom stereocenters. The minimum absolute atomic E-state index is 0.0332. The molecule has 136 valence electrons. The van der Waals surface area contributed by atoms with E-state index in [1.165, 1.54) is 0 Å². The van der Waals surface area contributed by atoms with Crippen molar-refractivity contribution in [2.75, 3.05) is 40.3 Å². The predicted molar refractivity (Wildman–Crippen MR) is 87.8 cm³/mol. The van der Waals surface area contributed by atoms with Gasteiger partial charge in [0.2, 0.25) is 6.23 Å². The molecule has 3 aliphatic rings. The zero-order valence-corrected chi connectivity index (χ0v) is 14.6. The molecule has 0 amide bonds. The molecule has 24 heavy (non-hydrogen) atoms. The largest absolute Gasteiger partial charge is 0.506 e. The minimum atomic E-state index is -0.642. The molecule has 11 heteroatoms. The van der Waals surface area contributed by atoms with E-state index in [1.807, 2.05) is 4.90 Å². The highest BCUT2D eigenvalue weighted by Gasteiger charge is 2.45. The highest BCUT2D eigenvalue weighted by Crippen LogP contribution is 2.33. The monoisotopic (exact) mass is 361 g/mol. The molecule has 0 saturated heterocycles. The SMILES string of the molecule is COCCOC1C(O)=C(COP)O[C@H]1N1CNC2=C1NCNC2N. The summed E-state index contributed by atoms with van der Waals surface area (Å²) in [6, 6.07) is 0. The van der Waals surface area contributed by atoms with Crippen molar-refractivity contribution in [3.8, 4) is 0 Å². The number of nitrogens with one attached hydrogen (secondary N) is 3. The average Bonchev–Trinajstić information content (AvgIpc) is 3.12. The summed E-state index contributed by atoms with van der Waals surface area (Å²) in [6.45, 7) is 1.93. The maximum Gasteiger partial charge on any atom is 0.208 e. The van der Waals surface area contributed by atoms with Crippen molar-refractivity contribution in [3.05, 3.63) is 23.0 Å². The molecule has 3 rings (SSSR count). The van der Waals surface area contributed by atoms with Crippen molar-refractivity contribution in [1.82, 2.24) is 20.9 Å². The van der Waals surface area contributed by atoms with Crippen LogP contribution in [0.25, 0.3) is 0 Å². The van der Waals surface area contributed by atoms with Crippen LogP contribution in [-0.4, -0.2) is 68.8 Å². The summed E-state index contributed by atoms with van der Waals surface area (Å²) < 4.78 is 21.7. The third-order valence-corrected chi connectivity index (χ3v) is 4.22. The van der Waals surface area contributed by atoms with Gasteiger partial charge in [0.05, 0.1) is 32.2 Å². The van der Waals surface area contributed by atoms with Crippen molar-refractivity contribution in [2.45, 2.75) is 18.5 Å². The fourth-order valence-electron chi connectivity index (χ4n) is 2.90. The van der Waals surface area contributed by atoms with E-state index in [-0.39, 0.29) is 18.5 Å². The Labute approximate surface area is 142 Å². The minimum Gasteiger partial charge on any atom is -0.506 e. The topological polar surface area (TPSA) is 122 Å². The number of nitrogens with zero attached hydrogens (tertiary/aromatic N) is 1. The lowest BCUT2D eigenvalue weighted by Gasteiger charge is -2.33. The van der Waals surface area contributed by atoms with E-state index < -0.39 is 12.3 Å². The maximum absolute atomic E-state index is 10.4. The third-order valence-electron chi connectivity index (χ3n) is 4.05. The van der Waals surface area contributed by atoms with Crippen LogP contribution in [0.3, 0.4) is 0 Å². The van der Waals surface area contributed by atoms with Crippen molar-refractivity contribution in [2.24, 2.45) is 5.73 Å². The molecular formula is C13H24N5O5P. The Kier molecular flexibility index (Phi) is 5.65. The van der Waals surface area contributed by atoms with Gasteiger partial charge in [0.1, 0.15) is 18.6 Å². The summed E-state index contributed by atoms with van der Waals surface area (Å²) >= 11 is 0. The fourth-order valence-corrected chi connectivity index (χ4v) is 3.05. The Bertz CT molecular complexity index is 531. The molecule has 0 radical (unpaired) electrons. The Balaban J connectivity index is 1.78. The highest BCUT2D eigenvalue weighted by molar-refractivity contribution is 7.09. The predicted octanol–water partition coefficient (Wildman–Crippen LogP) is -1.58. The number of hydrogen-bond donors (Lipinski definition) is 5. The van der Waals surface area contributed by atoms with Crippen molar-refractivity contribution in [3.63, 3.8) is 0 Å². The van der Waals surface area contributed by atoms with E-state index in [9.17, 15) is 5.11 Å². The molecule has 0 fully saturated rings. The molecule has 0 aliphatic carbocycles. The Morgan fingerprint density at radius 3 is 3.00 bits per heavy atom. The Hall–Kier alpha value is -1.29. The Morgan fingerprint density at radius 2 is 2.25 bits per heavy atom. The molecule has 0 spiro atoms. The smallest absolute Gasteiger partial charge is 0.208 e. The van der Waals surface area contributed by atoms with Gasteiger partial charge < -0.3 is 45.1 Å². The van der Waals surface area contributed by atoms with Crippen LogP contribution < -0.4 is 21.7 Å². The van der Waals surface area contributed by atoms with E-state index in [4.69, 9.17) is 24.5 Å². The van der Waals surface area contributed by atoms with Gasteiger partial charge in [-0.1, -0.05) is 0 Å². The number of methoxy groups -OCH3 is 1. The van der Waals surface area contributed by atoms with Crippen molar-refractivity contribution in [1.29, 1.82) is 0 Å². The number of ether oxygens (including phenoxy) is 3. The molecule has 0 aromatic carbocycles. The highest BCUT2D eigenvalue weighted by atomic mass is 31.0. The second-order valence-electron chi connectivity index (χ2n) is 5.51. The molecule has 0 aromatic heterocycles. The van der Waals surface area contributed by atoms with Gasteiger partial charge in [-0.15, -0.1) is 0 Å². The normalized spacial score (nSPS) is 29.5. The molecule has 0 aromatic rings. The number of nitrogens with two attached hydrogens (primary N) is 1. The van der Waals surface area contributed by atoms with Gasteiger partial charge in [-0.2, -0.15) is 0 Å². The first kappa shape index (κ1) is 17.5. The van der Waals surface area contributed by atoms with Crippen LogP contribution in [0.1, 0.15) is 0 Å². The summed E-state index contributed by atoms with van der Waals surface area (Å²) in [6.07, 6.45) is -1.46. The lowest BCUT2D eigenvalue weighted by atomic mass is 10.2. The van der Waals surface area contributed by atoms with Gasteiger partial charge >= 0.3 is 0 Å². The zero-order valence-electron chi connectivity index (χ0n) is 13.4. The fraction of sp³-hybridized carbons (Fsp3) is 0.692. The summed E-state index contributed by atoms with van der Waals surface area (Å²) in [5, 5.41) is 20.0. The molecule has 6 N–H and O–H groups in total. The lowest BCUT2D eigenvalue weighted by molar-refractivity contribution is -0.0899. The van der Waals surface area contributed by atoms with Crippen molar-refractivity contribution >= 4 is 9.47 Å². The molecule has 3 heterocycles. The average molecular weight is 361 g/mol. The standard InChI is InChI=1S/C13H24N5O5P/c1-20-2-3-21-10-9(19)7(4-22-24)23-13(10)18-6-17-8-11(14)15-5-16-12(8)18/h10-11,13,15-17,19H,2-6,14,24H2,1H3/t10?,11?,13-/m1/s1. The van der Waals surface area contributed by atoms with E-state index in [2.05, 4.69) is 25.4 Å². The van der Waals surface area contributed by atoms with Gasteiger partial charge in [-0.25, -0.2) is 0 Å². The van der Waals surface area contributed by atoms with Crippen LogP contribution in [0.5, 0.6) is 0 Å². The molecule has 3 aliphatic heterocycles. The number of aliphatic hydroxyl groups excluding tert-OH is 1. The zero-order chi connectivity index (χ0) is 17.1. The first-order valence-corrected chi connectivity index (χ1v) is 8.13. The summed E-state index contributed by atoms with van der Waals surface area (Å²) in [4.78, 5) is 1.94. The Morgan fingerprint density at radius 1 is 1.42 bits per heavy atom. The second kappa shape index (κ2) is 7.73. The number of rotatable bonds is 7. The number of hydrogen-bond acceptors (Lipinski definition) is 10. The van der Waals surface area contributed by atoms with Crippen LogP contribution >= 0.6 is 9.47 Å². The van der Waals surface area contributed by atoms with Gasteiger partial charge in [0.15, 0.2) is 17.6 Å². The first-order valence-electron chi connectivity index (χ1n) is 7.65. The maximum atomic E-state index is 10.4. The summed E-state index contributed by atoms with van der Waals surface area (Å²) in [5.41, 5.74) is 6.90. The van der Waals surface area contributed by atoms with Gasteiger partial charge in [0.25, 0.3) is 0 Å². The van der Waals surface area contributed by atoms with Crippen molar-refractivity contribution < 1.29 is 23.8 Å². The molecule has 10 nitrogen and oxygen atoms in total. The molecular weight excluding hydrogens is 337 g/mol. The lowest BCUT2D eigenvalue weighted by Crippen LogP contribution is -2.53. The van der Waals surface area contributed by atoms with Crippen LogP contribution in [-0.2, 0) is 18.7 Å². The van der Waals surface area contributed by atoms with Crippen LogP contribution in [0.2, 0.25) is 0 Å². The van der Waals surface area contributed by atoms with E-state index >= 15 is 0 Å². The molecule has 3 unspecified atom stereocenters. The van der Waals surface area contributed by atoms with Crippen LogP contribution in [0, 0.1) is 0 Å². The first-order chi connectivity index (χ1) is 11.7. The van der Waals surface area contributed by atoms with Gasteiger partial charge in [-0.05, 0) is 0 Å². The van der Waals surface area contributed by atoms with Crippen LogP contribution in [0.15, 0.2) is 23.0 Å². The van der Waals surface area contributed by atoms with Gasteiger partial charge in [0, 0.05) is 16.6 Å². The molecule has 0 saturated carbocycles. The third kappa shape index (κ3) is 3.26. The van der Waals surface area contributed by atoms with E-state index in [1.54, 1.807) is 7.11 Å². The van der Waals surface area contributed by atoms with Gasteiger partial charge in [-0.3, -0.25) is 5.32 Å². The summed E-state index contributed by atoms with van der Waals surface area (Å²) in [5.74, 6) is 1.22. The quantitative estimate of drug-likeness (QED) is 0.268. The van der Waals surface area contributed by atoms with Crippen LogP contribution in [0.4, 0.5) is 0 Å².